The summed E-state index contributed by atoms with van der Waals surface area (Å²) < 4.78 is 1.21. The van der Waals surface area contributed by atoms with Gasteiger partial charge in [-0.3, -0.25) is 0 Å². The summed E-state index contributed by atoms with van der Waals surface area (Å²) in [6.45, 7) is 0. The Balaban J connectivity index is 2.18. The summed E-state index contributed by atoms with van der Waals surface area (Å²) >= 11 is 9.45. The SMILES string of the molecule is O[C@@H]1c2cc(Cl)ccc2CSc2sccc21. The Labute approximate surface area is 107 Å². The highest BCUT2D eigenvalue weighted by atomic mass is 35.5. The van der Waals surface area contributed by atoms with E-state index in [0.717, 1.165) is 16.9 Å². The standard InChI is InChI=1S/C12H9ClOS2/c13-8-2-1-7-6-16-12-9(3-4-15-12)11(14)10(7)5-8/h1-5,11,14H,6H2/t11-/m0/s1. The second-order valence-electron chi connectivity index (χ2n) is 3.70. The maximum absolute atomic E-state index is 10.3. The number of fused-ring (bicyclic) bond motifs is 2. The second kappa shape index (κ2) is 4.08. The largest absolute Gasteiger partial charge is 0.384 e. The van der Waals surface area contributed by atoms with Crippen molar-refractivity contribution in [3.63, 3.8) is 0 Å². The van der Waals surface area contributed by atoms with Gasteiger partial charge in [0.25, 0.3) is 0 Å². The van der Waals surface area contributed by atoms with Gasteiger partial charge >= 0.3 is 0 Å². The van der Waals surface area contributed by atoms with E-state index in [4.69, 9.17) is 11.6 Å². The van der Waals surface area contributed by atoms with Crippen molar-refractivity contribution in [3.8, 4) is 0 Å². The molecule has 82 valence electrons. The number of hydrogen-bond donors (Lipinski definition) is 1. The molecule has 0 spiro atoms. The fraction of sp³-hybridized carbons (Fsp3) is 0.167. The van der Waals surface area contributed by atoms with Gasteiger partial charge in [-0.15, -0.1) is 23.1 Å². The van der Waals surface area contributed by atoms with E-state index in [1.807, 2.05) is 29.6 Å². The van der Waals surface area contributed by atoms with Crippen molar-refractivity contribution < 1.29 is 5.11 Å². The van der Waals surface area contributed by atoms with E-state index >= 15 is 0 Å². The fourth-order valence-corrected chi connectivity index (χ4v) is 4.23. The first-order valence-electron chi connectivity index (χ1n) is 4.92. The first kappa shape index (κ1) is 10.7. The molecule has 4 heteroatoms. The van der Waals surface area contributed by atoms with E-state index in [-0.39, 0.29) is 0 Å². The van der Waals surface area contributed by atoms with Crippen LogP contribution >= 0.6 is 34.7 Å². The highest BCUT2D eigenvalue weighted by Crippen LogP contribution is 2.42. The van der Waals surface area contributed by atoms with Gasteiger partial charge in [-0.25, -0.2) is 0 Å². The summed E-state index contributed by atoms with van der Waals surface area (Å²) in [5.74, 6) is 0.900. The molecule has 16 heavy (non-hydrogen) atoms. The van der Waals surface area contributed by atoms with Crippen molar-refractivity contribution in [2.75, 3.05) is 0 Å². The van der Waals surface area contributed by atoms with Crippen molar-refractivity contribution >= 4 is 34.7 Å². The molecule has 0 fully saturated rings. The molecule has 1 aliphatic heterocycles. The third kappa shape index (κ3) is 1.68. The normalized spacial score (nSPS) is 18.8. The van der Waals surface area contributed by atoms with E-state index in [1.54, 1.807) is 23.1 Å². The summed E-state index contributed by atoms with van der Waals surface area (Å²) in [4.78, 5) is 0. The third-order valence-electron chi connectivity index (χ3n) is 2.71. The van der Waals surface area contributed by atoms with Gasteiger partial charge in [-0.1, -0.05) is 17.7 Å². The van der Waals surface area contributed by atoms with E-state index in [0.29, 0.717) is 5.02 Å². The fourth-order valence-electron chi connectivity index (χ4n) is 1.89. The average Bonchev–Trinajstić information content (AvgIpc) is 2.70. The number of benzene rings is 1. The molecule has 0 unspecified atom stereocenters. The van der Waals surface area contributed by atoms with Crippen LogP contribution in [0.15, 0.2) is 33.9 Å². The van der Waals surface area contributed by atoms with Crippen LogP contribution in [0.1, 0.15) is 22.8 Å². The molecule has 1 nitrogen and oxygen atoms in total. The highest BCUT2D eigenvalue weighted by Gasteiger charge is 2.23. The number of thiophene rings is 1. The average molecular weight is 269 g/mol. The van der Waals surface area contributed by atoms with Gasteiger partial charge in [0.1, 0.15) is 6.10 Å². The minimum absolute atomic E-state index is 0.537. The predicted molar refractivity (Wildman–Crippen MR) is 69.4 cm³/mol. The van der Waals surface area contributed by atoms with Crippen molar-refractivity contribution in [2.45, 2.75) is 16.1 Å². The number of aliphatic hydroxyl groups excluding tert-OH is 1. The van der Waals surface area contributed by atoms with E-state index in [1.165, 1.54) is 9.77 Å². The molecule has 0 radical (unpaired) electrons. The molecule has 1 N–H and O–H groups in total. The lowest BCUT2D eigenvalue weighted by molar-refractivity contribution is 0.218. The van der Waals surface area contributed by atoms with Crippen molar-refractivity contribution in [2.24, 2.45) is 0 Å². The zero-order chi connectivity index (χ0) is 11.1. The summed E-state index contributed by atoms with van der Waals surface area (Å²) in [5, 5.41) is 13.0. The predicted octanol–water partition coefficient (Wildman–Crippen LogP) is 4.09. The molecule has 1 aromatic carbocycles. The van der Waals surface area contributed by atoms with Crippen molar-refractivity contribution in [1.29, 1.82) is 0 Å². The maximum atomic E-state index is 10.3. The minimum Gasteiger partial charge on any atom is -0.384 e. The number of halogens is 1. The molecular weight excluding hydrogens is 260 g/mol. The van der Waals surface area contributed by atoms with Gasteiger partial charge in [-0.05, 0) is 34.7 Å². The molecule has 0 saturated heterocycles. The zero-order valence-corrected chi connectivity index (χ0v) is 10.7. The van der Waals surface area contributed by atoms with Gasteiger partial charge in [0, 0.05) is 16.3 Å². The molecule has 2 heterocycles. The molecule has 3 rings (SSSR count). The summed E-state index contributed by atoms with van der Waals surface area (Å²) in [5.41, 5.74) is 3.12. The smallest absolute Gasteiger partial charge is 0.106 e. The van der Waals surface area contributed by atoms with Crippen LogP contribution in [0.2, 0.25) is 5.02 Å². The van der Waals surface area contributed by atoms with Crippen LogP contribution in [0.5, 0.6) is 0 Å². The maximum Gasteiger partial charge on any atom is 0.106 e. The third-order valence-corrected chi connectivity index (χ3v) is 5.27. The minimum atomic E-state index is -0.537. The lowest BCUT2D eigenvalue weighted by Crippen LogP contribution is -2.00. The Hall–Kier alpha value is -0.480. The molecule has 0 amide bonds. The Morgan fingerprint density at radius 2 is 2.12 bits per heavy atom. The number of thioether (sulfide) groups is 1. The van der Waals surface area contributed by atoms with Gasteiger partial charge in [0.05, 0.1) is 4.21 Å². The molecule has 2 aromatic rings. The van der Waals surface area contributed by atoms with Crippen LogP contribution in [0.3, 0.4) is 0 Å². The summed E-state index contributed by atoms with van der Waals surface area (Å²) in [7, 11) is 0. The quantitative estimate of drug-likeness (QED) is 0.777. The van der Waals surface area contributed by atoms with Gasteiger partial charge < -0.3 is 5.11 Å². The van der Waals surface area contributed by atoms with Crippen LogP contribution in [0, 0.1) is 0 Å². The summed E-state index contributed by atoms with van der Waals surface area (Å²) in [6, 6.07) is 7.75. The molecular formula is C12H9ClOS2. The monoisotopic (exact) mass is 268 g/mol. The summed E-state index contributed by atoms with van der Waals surface area (Å²) in [6.07, 6.45) is -0.537. The van der Waals surface area contributed by atoms with Crippen LogP contribution in [-0.4, -0.2) is 5.11 Å². The zero-order valence-electron chi connectivity index (χ0n) is 8.31. The van der Waals surface area contributed by atoms with Crippen LogP contribution in [-0.2, 0) is 5.75 Å². The van der Waals surface area contributed by atoms with Crippen LogP contribution in [0.4, 0.5) is 0 Å². The van der Waals surface area contributed by atoms with Crippen molar-refractivity contribution in [1.82, 2.24) is 0 Å². The molecule has 1 aromatic heterocycles. The first-order chi connectivity index (χ1) is 7.75. The molecule has 0 aliphatic carbocycles. The second-order valence-corrected chi connectivity index (χ2v) is 6.29. The number of hydrogen-bond acceptors (Lipinski definition) is 3. The topological polar surface area (TPSA) is 20.2 Å². The van der Waals surface area contributed by atoms with Gasteiger partial charge in [-0.2, -0.15) is 0 Å². The number of aliphatic hydroxyl groups is 1. The lowest BCUT2D eigenvalue weighted by Gasteiger charge is -2.12. The van der Waals surface area contributed by atoms with Gasteiger partial charge in [0.15, 0.2) is 0 Å². The van der Waals surface area contributed by atoms with Crippen molar-refractivity contribution in [3.05, 3.63) is 51.4 Å². The molecule has 1 aliphatic rings. The molecule has 1 atom stereocenters. The Kier molecular flexibility index (Phi) is 2.72. The van der Waals surface area contributed by atoms with E-state index in [9.17, 15) is 5.11 Å². The first-order valence-corrected chi connectivity index (χ1v) is 7.16. The molecule has 0 saturated carbocycles. The number of rotatable bonds is 0. The van der Waals surface area contributed by atoms with Crippen LogP contribution < -0.4 is 0 Å². The Morgan fingerprint density at radius 1 is 1.25 bits per heavy atom. The molecule has 0 bridgehead atoms. The van der Waals surface area contributed by atoms with E-state index in [2.05, 4.69) is 0 Å². The highest BCUT2D eigenvalue weighted by molar-refractivity contribution is 8.00. The van der Waals surface area contributed by atoms with Gasteiger partial charge in [0.2, 0.25) is 0 Å². The van der Waals surface area contributed by atoms with E-state index < -0.39 is 6.10 Å². The van der Waals surface area contributed by atoms with Crippen LogP contribution in [0.25, 0.3) is 0 Å². The Morgan fingerprint density at radius 3 is 3.00 bits per heavy atom. The Bertz CT molecular complexity index is 536. The lowest BCUT2D eigenvalue weighted by atomic mass is 10.00.